The molecule has 0 spiro atoms. The Bertz CT molecular complexity index is 918. The standard InChI is InChI=1S/C15H16N4O2S/c1-10-5-6-16-15(7-10)22(20,21)19-11(2)12-3-4-14-13(8-12)9-17-18-14/h3-9,11,19H,1-2H3,(H,17,18). The van der Waals surface area contributed by atoms with Crippen molar-refractivity contribution in [3.05, 3.63) is 53.9 Å². The molecule has 0 saturated heterocycles. The van der Waals surface area contributed by atoms with Crippen molar-refractivity contribution in [1.82, 2.24) is 19.9 Å². The smallest absolute Gasteiger partial charge is 0.258 e. The SMILES string of the molecule is Cc1ccnc(S(=O)(=O)NC(C)c2ccc3[nH]ncc3c2)c1. The van der Waals surface area contributed by atoms with Gasteiger partial charge in [0.25, 0.3) is 10.0 Å². The molecule has 22 heavy (non-hydrogen) atoms. The highest BCUT2D eigenvalue weighted by molar-refractivity contribution is 7.89. The van der Waals surface area contributed by atoms with E-state index in [0.29, 0.717) is 0 Å². The molecule has 3 aromatic rings. The van der Waals surface area contributed by atoms with Crippen LogP contribution in [0.4, 0.5) is 0 Å². The Kier molecular flexibility index (Phi) is 3.67. The predicted octanol–water partition coefficient (Wildman–Crippen LogP) is 2.31. The van der Waals surface area contributed by atoms with Crippen LogP contribution in [0.25, 0.3) is 10.9 Å². The molecule has 1 aromatic carbocycles. The average molecular weight is 316 g/mol. The zero-order valence-corrected chi connectivity index (χ0v) is 13.1. The molecule has 0 bridgehead atoms. The number of sulfonamides is 1. The summed E-state index contributed by atoms with van der Waals surface area (Å²) in [6.45, 7) is 3.63. The fourth-order valence-corrected chi connectivity index (χ4v) is 3.51. The molecule has 2 aromatic heterocycles. The normalized spacial score (nSPS) is 13.4. The van der Waals surface area contributed by atoms with Gasteiger partial charge in [-0.3, -0.25) is 5.10 Å². The second kappa shape index (κ2) is 5.51. The first-order valence-electron chi connectivity index (χ1n) is 6.84. The van der Waals surface area contributed by atoms with Crippen LogP contribution < -0.4 is 4.72 Å². The van der Waals surface area contributed by atoms with E-state index in [0.717, 1.165) is 22.0 Å². The third-order valence-corrected chi connectivity index (χ3v) is 4.90. The molecule has 0 saturated carbocycles. The molecule has 0 aliphatic carbocycles. The van der Waals surface area contributed by atoms with E-state index in [1.165, 1.54) is 6.20 Å². The minimum atomic E-state index is -3.65. The van der Waals surface area contributed by atoms with Crippen LogP contribution in [0, 0.1) is 6.92 Å². The van der Waals surface area contributed by atoms with Crippen LogP contribution in [0.1, 0.15) is 24.1 Å². The Balaban J connectivity index is 1.87. The molecule has 1 unspecified atom stereocenters. The van der Waals surface area contributed by atoms with Gasteiger partial charge in [0.1, 0.15) is 0 Å². The van der Waals surface area contributed by atoms with E-state index in [1.807, 2.05) is 25.1 Å². The number of H-pyrrole nitrogens is 1. The summed E-state index contributed by atoms with van der Waals surface area (Å²) < 4.78 is 27.4. The van der Waals surface area contributed by atoms with Crippen molar-refractivity contribution in [1.29, 1.82) is 0 Å². The number of pyridine rings is 1. The maximum atomic E-state index is 12.4. The van der Waals surface area contributed by atoms with Gasteiger partial charge in [0.05, 0.1) is 11.7 Å². The van der Waals surface area contributed by atoms with Crippen LogP contribution in [0.2, 0.25) is 0 Å². The molecule has 1 atom stereocenters. The molecule has 3 rings (SSSR count). The Hall–Kier alpha value is -2.25. The van der Waals surface area contributed by atoms with E-state index >= 15 is 0 Å². The number of rotatable bonds is 4. The molecule has 2 heterocycles. The van der Waals surface area contributed by atoms with Gasteiger partial charge in [-0.2, -0.15) is 5.10 Å². The first kappa shape index (κ1) is 14.7. The number of aryl methyl sites for hydroxylation is 1. The molecule has 7 heteroatoms. The van der Waals surface area contributed by atoms with Crippen molar-refractivity contribution >= 4 is 20.9 Å². The molecule has 6 nitrogen and oxygen atoms in total. The van der Waals surface area contributed by atoms with Crippen LogP contribution >= 0.6 is 0 Å². The molecule has 0 fully saturated rings. The van der Waals surface area contributed by atoms with Gasteiger partial charge < -0.3 is 0 Å². The Morgan fingerprint density at radius 1 is 1.23 bits per heavy atom. The third-order valence-electron chi connectivity index (χ3n) is 3.46. The minimum absolute atomic E-state index is 0.0312. The number of fused-ring (bicyclic) bond motifs is 1. The highest BCUT2D eigenvalue weighted by Crippen LogP contribution is 2.20. The lowest BCUT2D eigenvalue weighted by Gasteiger charge is -2.14. The van der Waals surface area contributed by atoms with E-state index in [1.54, 1.807) is 25.3 Å². The van der Waals surface area contributed by atoms with Crippen LogP contribution in [0.15, 0.2) is 47.8 Å². The van der Waals surface area contributed by atoms with Gasteiger partial charge in [-0.15, -0.1) is 0 Å². The highest BCUT2D eigenvalue weighted by atomic mass is 32.2. The van der Waals surface area contributed by atoms with Crippen molar-refractivity contribution in [2.24, 2.45) is 0 Å². The third kappa shape index (κ3) is 2.86. The van der Waals surface area contributed by atoms with E-state index in [9.17, 15) is 8.42 Å². The van der Waals surface area contributed by atoms with E-state index in [4.69, 9.17) is 0 Å². The van der Waals surface area contributed by atoms with Crippen LogP contribution in [-0.4, -0.2) is 23.6 Å². The van der Waals surface area contributed by atoms with E-state index in [-0.39, 0.29) is 11.1 Å². The topological polar surface area (TPSA) is 87.7 Å². The average Bonchev–Trinajstić information content (AvgIpc) is 2.94. The molecule has 0 radical (unpaired) electrons. The number of aromatic amines is 1. The molecular weight excluding hydrogens is 300 g/mol. The van der Waals surface area contributed by atoms with Gasteiger partial charge in [-0.05, 0) is 49.2 Å². The number of nitrogens with zero attached hydrogens (tertiary/aromatic N) is 2. The van der Waals surface area contributed by atoms with Crippen molar-refractivity contribution in [2.75, 3.05) is 0 Å². The van der Waals surface area contributed by atoms with Crippen molar-refractivity contribution in [3.63, 3.8) is 0 Å². The Morgan fingerprint density at radius 2 is 2.05 bits per heavy atom. The summed E-state index contributed by atoms with van der Waals surface area (Å²) in [6, 6.07) is 8.61. The Morgan fingerprint density at radius 3 is 2.82 bits per heavy atom. The summed E-state index contributed by atoms with van der Waals surface area (Å²) in [5, 5.41) is 7.80. The van der Waals surface area contributed by atoms with Gasteiger partial charge in [-0.25, -0.2) is 18.1 Å². The molecule has 2 N–H and O–H groups in total. The second-order valence-corrected chi connectivity index (χ2v) is 6.89. The van der Waals surface area contributed by atoms with Crippen LogP contribution in [0.3, 0.4) is 0 Å². The summed E-state index contributed by atoms with van der Waals surface area (Å²) in [5.74, 6) is 0. The van der Waals surface area contributed by atoms with E-state index in [2.05, 4.69) is 19.9 Å². The molecule has 114 valence electrons. The summed E-state index contributed by atoms with van der Waals surface area (Å²) >= 11 is 0. The van der Waals surface area contributed by atoms with Gasteiger partial charge in [0.15, 0.2) is 5.03 Å². The monoisotopic (exact) mass is 316 g/mol. The second-order valence-electron chi connectivity index (χ2n) is 5.23. The van der Waals surface area contributed by atoms with Crippen molar-refractivity contribution < 1.29 is 8.42 Å². The van der Waals surface area contributed by atoms with Gasteiger partial charge in [-0.1, -0.05) is 6.07 Å². The number of aromatic nitrogens is 3. The molecule has 0 aliphatic heterocycles. The highest BCUT2D eigenvalue weighted by Gasteiger charge is 2.20. The zero-order valence-electron chi connectivity index (χ0n) is 12.2. The molecule has 0 amide bonds. The maximum Gasteiger partial charge on any atom is 0.258 e. The quantitative estimate of drug-likeness (QED) is 0.773. The minimum Gasteiger partial charge on any atom is -0.278 e. The molecular formula is C15H16N4O2S. The largest absolute Gasteiger partial charge is 0.278 e. The lowest BCUT2D eigenvalue weighted by molar-refractivity contribution is 0.563. The van der Waals surface area contributed by atoms with Crippen LogP contribution in [-0.2, 0) is 10.0 Å². The number of hydrogen-bond donors (Lipinski definition) is 2. The fraction of sp³-hybridized carbons (Fsp3) is 0.200. The number of benzene rings is 1. The number of nitrogens with one attached hydrogen (secondary N) is 2. The Labute approximate surface area is 128 Å². The van der Waals surface area contributed by atoms with Gasteiger partial charge in [0.2, 0.25) is 0 Å². The maximum absolute atomic E-state index is 12.4. The first-order chi connectivity index (χ1) is 10.5. The van der Waals surface area contributed by atoms with Crippen molar-refractivity contribution in [3.8, 4) is 0 Å². The number of hydrogen-bond acceptors (Lipinski definition) is 4. The van der Waals surface area contributed by atoms with Gasteiger partial charge in [0, 0.05) is 17.6 Å². The predicted molar refractivity (Wildman–Crippen MR) is 83.8 cm³/mol. The molecule has 0 aliphatic rings. The first-order valence-corrected chi connectivity index (χ1v) is 8.32. The lowest BCUT2D eigenvalue weighted by Crippen LogP contribution is -2.27. The summed E-state index contributed by atoms with van der Waals surface area (Å²) in [7, 11) is -3.65. The van der Waals surface area contributed by atoms with E-state index < -0.39 is 10.0 Å². The summed E-state index contributed by atoms with van der Waals surface area (Å²) in [4.78, 5) is 3.93. The van der Waals surface area contributed by atoms with Crippen LogP contribution in [0.5, 0.6) is 0 Å². The summed E-state index contributed by atoms with van der Waals surface area (Å²) in [6.07, 6.45) is 3.20. The lowest BCUT2D eigenvalue weighted by atomic mass is 10.1. The zero-order chi connectivity index (χ0) is 15.7. The van der Waals surface area contributed by atoms with Crippen molar-refractivity contribution in [2.45, 2.75) is 24.9 Å². The van der Waals surface area contributed by atoms with Gasteiger partial charge >= 0.3 is 0 Å². The fourth-order valence-electron chi connectivity index (χ4n) is 2.25. The summed E-state index contributed by atoms with van der Waals surface area (Å²) in [5.41, 5.74) is 2.63.